The van der Waals surface area contributed by atoms with E-state index in [1.165, 1.54) is 0 Å². The van der Waals surface area contributed by atoms with Crippen molar-refractivity contribution < 1.29 is 4.74 Å². The predicted octanol–water partition coefficient (Wildman–Crippen LogP) is 3.47. The Balaban J connectivity index is 3.16. The SMILES string of the molecule is CCC(C#N)c1cc(Br)ccc1OC. The van der Waals surface area contributed by atoms with Gasteiger partial charge in [0.05, 0.1) is 19.1 Å². The largest absolute Gasteiger partial charge is 0.496 e. The van der Waals surface area contributed by atoms with Crippen LogP contribution < -0.4 is 4.74 Å². The van der Waals surface area contributed by atoms with Crippen molar-refractivity contribution >= 4 is 15.9 Å². The summed E-state index contributed by atoms with van der Waals surface area (Å²) in [5.41, 5.74) is 0.951. The Morgan fingerprint density at radius 1 is 1.57 bits per heavy atom. The minimum Gasteiger partial charge on any atom is -0.496 e. The fraction of sp³-hybridized carbons (Fsp3) is 0.364. The standard InChI is InChI=1S/C11H12BrNO/c1-3-8(7-13)10-6-9(12)4-5-11(10)14-2/h4-6,8H,3H2,1-2H3. The van der Waals surface area contributed by atoms with E-state index in [2.05, 4.69) is 22.0 Å². The lowest BCUT2D eigenvalue weighted by Gasteiger charge is -2.12. The molecule has 0 aliphatic rings. The first-order chi connectivity index (χ1) is 6.72. The summed E-state index contributed by atoms with van der Waals surface area (Å²) in [6, 6.07) is 7.99. The van der Waals surface area contributed by atoms with Crippen molar-refractivity contribution in [1.82, 2.24) is 0 Å². The van der Waals surface area contributed by atoms with Crippen LogP contribution in [-0.4, -0.2) is 7.11 Å². The predicted molar refractivity (Wildman–Crippen MR) is 59.3 cm³/mol. The van der Waals surface area contributed by atoms with Gasteiger partial charge in [0.1, 0.15) is 5.75 Å². The summed E-state index contributed by atoms with van der Waals surface area (Å²) in [5, 5.41) is 8.97. The van der Waals surface area contributed by atoms with Crippen molar-refractivity contribution in [3.05, 3.63) is 28.2 Å². The molecule has 1 rings (SSSR count). The van der Waals surface area contributed by atoms with E-state index in [-0.39, 0.29) is 5.92 Å². The van der Waals surface area contributed by atoms with Crippen LogP contribution in [0.5, 0.6) is 5.75 Å². The Hall–Kier alpha value is -1.01. The van der Waals surface area contributed by atoms with E-state index in [1.54, 1.807) is 7.11 Å². The molecule has 0 bridgehead atoms. The molecule has 1 atom stereocenters. The molecule has 0 heterocycles. The van der Waals surface area contributed by atoms with Crippen LogP contribution in [0.4, 0.5) is 0 Å². The summed E-state index contributed by atoms with van der Waals surface area (Å²) in [6.07, 6.45) is 0.795. The van der Waals surface area contributed by atoms with Gasteiger partial charge in [0, 0.05) is 10.0 Å². The maximum absolute atomic E-state index is 8.97. The third-order valence-electron chi connectivity index (χ3n) is 2.13. The summed E-state index contributed by atoms with van der Waals surface area (Å²) < 4.78 is 6.19. The van der Waals surface area contributed by atoms with Gasteiger partial charge in [0.15, 0.2) is 0 Å². The van der Waals surface area contributed by atoms with Crippen LogP contribution in [0.1, 0.15) is 24.8 Å². The molecule has 0 spiro atoms. The van der Waals surface area contributed by atoms with Crippen molar-refractivity contribution in [3.63, 3.8) is 0 Å². The van der Waals surface area contributed by atoms with Gasteiger partial charge in [-0.15, -0.1) is 0 Å². The highest BCUT2D eigenvalue weighted by Crippen LogP contribution is 2.30. The van der Waals surface area contributed by atoms with Gasteiger partial charge >= 0.3 is 0 Å². The topological polar surface area (TPSA) is 33.0 Å². The second-order valence-corrected chi connectivity index (χ2v) is 3.89. The molecule has 0 N–H and O–H groups in total. The highest BCUT2D eigenvalue weighted by Gasteiger charge is 2.13. The van der Waals surface area contributed by atoms with Gasteiger partial charge in [-0.1, -0.05) is 22.9 Å². The molecule has 0 amide bonds. The van der Waals surface area contributed by atoms with Crippen LogP contribution in [0.25, 0.3) is 0 Å². The molecule has 2 nitrogen and oxygen atoms in total. The van der Waals surface area contributed by atoms with Crippen molar-refractivity contribution in [2.45, 2.75) is 19.3 Å². The van der Waals surface area contributed by atoms with E-state index < -0.39 is 0 Å². The molecule has 3 heteroatoms. The Bertz CT molecular complexity index is 357. The van der Waals surface area contributed by atoms with E-state index in [0.29, 0.717) is 0 Å². The van der Waals surface area contributed by atoms with Crippen molar-refractivity contribution in [2.24, 2.45) is 0 Å². The van der Waals surface area contributed by atoms with Crippen LogP contribution >= 0.6 is 15.9 Å². The molecule has 0 fully saturated rings. The summed E-state index contributed by atoms with van der Waals surface area (Å²) in [7, 11) is 1.62. The number of nitriles is 1. The van der Waals surface area contributed by atoms with Crippen LogP contribution in [0.3, 0.4) is 0 Å². The summed E-state index contributed by atoms with van der Waals surface area (Å²) in [4.78, 5) is 0. The molecule has 0 aliphatic carbocycles. The summed E-state index contributed by atoms with van der Waals surface area (Å²) in [6.45, 7) is 1.99. The fourth-order valence-corrected chi connectivity index (χ4v) is 1.74. The second kappa shape index (κ2) is 5.02. The molecule has 1 aromatic carbocycles. The zero-order valence-corrected chi connectivity index (χ0v) is 9.84. The maximum Gasteiger partial charge on any atom is 0.123 e. The van der Waals surface area contributed by atoms with Gasteiger partial charge in [0.25, 0.3) is 0 Å². The quantitative estimate of drug-likeness (QED) is 0.827. The molecular weight excluding hydrogens is 242 g/mol. The van der Waals surface area contributed by atoms with Gasteiger partial charge in [-0.3, -0.25) is 0 Å². The number of halogens is 1. The van der Waals surface area contributed by atoms with Crippen LogP contribution in [0.15, 0.2) is 22.7 Å². The molecule has 14 heavy (non-hydrogen) atoms. The maximum atomic E-state index is 8.97. The van der Waals surface area contributed by atoms with Crippen molar-refractivity contribution in [1.29, 1.82) is 5.26 Å². The Labute approximate surface area is 92.6 Å². The Morgan fingerprint density at radius 2 is 2.29 bits per heavy atom. The lowest BCUT2D eigenvalue weighted by Crippen LogP contribution is -1.98. The normalized spacial score (nSPS) is 11.9. The van der Waals surface area contributed by atoms with Gasteiger partial charge in [-0.25, -0.2) is 0 Å². The monoisotopic (exact) mass is 253 g/mol. The number of hydrogen-bond donors (Lipinski definition) is 0. The first-order valence-electron chi connectivity index (χ1n) is 4.46. The number of methoxy groups -OCH3 is 1. The Kier molecular flexibility index (Phi) is 3.97. The molecule has 0 saturated carbocycles. The highest BCUT2D eigenvalue weighted by atomic mass is 79.9. The summed E-state index contributed by atoms with van der Waals surface area (Å²) >= 11 is 3.39. The third-order valence-corrected chi connectivity index (χ3v) is 2.62. The number of ether oxygens (including phenoxy) is 1. The summed E-state index contributed by atoms with van der Waals surface area (Å²) in [5.74, 6) is 0.684. The third kappa shape index (κ3) is 2.27. The molecule has 0 radical (unpaired) electrons. The number of hydrogen-bond acceptors (Lipinski definition) is 2. The number of rotatable bonds is 3. The van der Waals surface area contributed by atoms with E-state index in [0.717, 1.165) is 22.2 Å². The highest BCUT2D eigenvalue weighted by molar-refractivity contribution is 9.10. The minimum absolute atomic E-state index is 0.0950. The minimum atomic E-state index is -0.0950. The molecule has 74 valence electrons. The molecule has 0 saturated heterocycles. The van der Waals surface area contributed by atoms with Crippen LogP contribution in [0.2, 0.25) is 0 Å². The van der Waals surface area contributed by atoms with Crippen LogP contribution in [0, 0.1) is 11.3 Å². The second-order valence-electron chi connectivity index (χ2n) is 2.98. The van der Waals surface area contributed by atoms with Gasteiger partial charge < -0.3 is 4.74 Å². The van der Waals surface area contributed by atoms with E-state index in [9.17, 15) is 0 Å². The molecule has 0 aromatic heterocycles. The van der Waals surface area contributed by atoms with Gasteiger partial charge in [0.2, 0.25) is 0 Å². The average Bonchev–Trinajstić information content (AvgIpc) is 2.20. The molecular formula is C11H12BrNO. The van der Waals surface area contributed by atoms with Gasteiger partial charge in [-0.05, 0) is 24.6 Å². The Morgan fingerprint density at radius 3 is 2.79 bits per heavy atom. The average molecular weight is 254 g/mol. The fourth-order valence-electron chi connectivity index (χ4n) is 1.36. The number of nitrogens with zero attached hydrogens (tertiary/aromatic N) is 1. The zero-order chi connectivity index (χ0) is 10.6. The van der Waals surface area contributed by atoms with E-state index in [1.807, 2.05) is 25.1 Å². The van der Waals surface area contributed by atoms with E-state index >= 15 is 0 Å². The van der Waals surface area contributed by atoms with E-state index in [4.69, 9.17) is 10.00 Å². The molecule has 1 aromatic rings. The van der Waals surface area contributed by atoms with Gasteiger partial charge in [-0.2, -0.15) is 5.26 Å². The molecule has 0 aliphatic heterocycles. The lowest BCUT2D eigenvalue weighted by molar-refractivity contribution is 0.407. The number of benzene rings is 1. The van der Waals surface area contributed by atoms with Crippen LogP contribution in [-0.2, 0) is 0 Å². The first kappa shape index (κ1) is 11.1. The molecule has 1 unspecified atom stereocenters. The van der Waals surface area contributed by atoms with Crippen molar-refractivity contribution in [3.8, 4) is 11.8 Å². The zero-order valence-electron chi connectivity index (χ0n) is 8.25. The lowest BCUT2D eigenvalue weighted by atomic mass is 9.97. The smallest absolute Gasteiger partial charge is 0.123 e. The first-order valence-corrected chi connectivity index (χ1v) is 5.25. The van der Waals surface area contributed by atoms with Crippen molar-refractivity contribution in [2.75, 3.05) is 7.11 Å².